The second-order valence-electron chi connectivity index (χ2n) is 5.12. The normalized spacial score (nSPS) is 10.6. The van der Waals surface area contributed by atoms with Crippen molar-refractivity contribution in [1.82, 2.24) is 9.78 Å². The Balaban J connectivity index is 2.07. The van der Waals surface area contributed by atoms with Crippen LogP contribution in [0.3, 0.4) is 0 Å². The summed E-state index contributed by atoms with van der Waals surface area (Å²) >= 11 is 0. The molecule has 1 aromatic heterocycles. The fraction of sp³-hybridized carbons (Fsp3) is 0.0588. The Morgan fingerprint density at radius 1 is 1.05 bits per heavy atom. The third-order valence-electron chi connectivity index (χ3n) is 3.43. The van der Waals surface area contributed by atoms with Crippen LogP contribution in [-0.2, 0) is 0 Å². The minimum atomic E-state index is -0.443. The Kier molecular flexibility index (Phi) is 3.39. The predicted octanol–water partition coefficient (Wildman–Crippen LogP) is 2.53. The van der Waals surface area contributed by atoms with E-state index in [2.05, 4.69) is 5.10 Å². The maximum absolute atomic E-state index is 11.2. The molecule has 5 nitrogen and oxygen atoms in total. The highest BCUT2D eigenvalue weighted by Crippen LogP contribution is 2.25. The molecule has 2 aromatic carbocycles. The van der Waals surface area contributed by atoms with Crippen LogP contribution in [0.25, 0.3) is 16.9 Å². The zero-order valence-corrected chi connectivity index (χ0v) is 12.2. The smallest absolute Gasteiger partial charge is 0.248 e. The van der Waals surface area contributed by atoms with Crippen LogP contribution in [-0.4, -0.2) is 15.7 Å². The fourth-order valence-corrected chi connectivity index (χ4v) is 2.32. The molecule has 0 radical (unpaired) electrons. The molecule has 5 heteroatoms. The number of carbonyl (C=O) groups is 1. The van der Waals surface area contributed by atoms with Gasteiger partial charge in [-0.05, 0) is 49.4 Å². The molecule has 0 spiro atoms. The van der Waals surface area contributed by atoms with E-state index in [1.54, 1.807) is 12.1 Å². The topological polar surface area (TPSA) is 86.9 Å². The second kappa shape index (κ2) is 5.37. The van der Waals surface area contributed by atoms with Gasteiger partial charge in [0.2, 0.25) is 5.91 Å². The molecule has 0 unspecified atom stereocenters. The molecule has 0 fully saturated rings. The van der Waals surface area contributed by atoms with Crippen molar-refractivity contribution >= 4 is 11.6 Å². The van der Waals surface area contributed by atoms with Gasteiger partial charge in [-0.3, -0.25) is 4.79 Å². The van der Waals surface area contributed by atoms with Gasteiger partial charge in [-0.2, -0.15) is 5.10 Å². The average molecular weight is 292 g/mol. The molecule has 4 N–H and O–H groups in total. The summed E-state index contributed by atoms with van der Waals surface area (Å²) in [6, 6.07) is 16.7. The average Bonchev–Trinajstić information content (AvgIpc) is 2.90. The first-order chi connectivity index (χ1) is 10.5. The van der Waals surface area contributed by atoms with Crippen LogP contribution >= 0.6 is 0 Å². The van der Waals surface area contributed by atoms with Crippen molar-refractivity contribution in [3.63, 3.8) is 0 Å². The number of benzene rings is 2. The number of aryl methyl sites for hydroxylation is 1. The number of nitrogens with two attached hydrogens (primary N) is 2. The highest BCUT2D eigenvalue weighted by molar-refractivity contribution is 5.92. The third kappa shape index (κ3) is 2.56. The molecule has 3 aromatic rings. The van der Waals surface area contributed by atoms with Gasteiger partial charge in [-0.15, -0.1) is 0 Å². The van der Waals surface area contributed by atoms with Crippen LogP contribution in [0.2, 0.25) is 0 Å². The van der Waals surface area contributed by atoms with Crippen molar-refractivity contribution in [3.8, 4) is 16.9 Å². The summed E-state index contributed by atoms with van der Waals surface area (Å²) < 4.78 is 1.84. The number of aromatic nitrogens is 2. The Bertz CT molecular complexity index is 817. The van der Waals surface area contributed by atoms with Crippen molar-refractivity contribution in [3.05, 3.63) is 65.9 Å². The lowest BCUT2D eigenvalue weighted by Crippen LogP contribution is -2.10. The molecule has 110 valence electrons. The van der Waals surface area contributed by atoms with Crippen LogP contribution in [0.1, 0.15) is 16.1 Å². The van der Waals surface area contributed by atoms with Gasteiger partial charge < -0.3 is 11.5 Å². The zero-order chi connectivity index (χ0) is 15.7. The fourth-order valence-electron chi connectivity index (χ4n) is 2.32. The summed E-state index contributed by atoms with van der Waals surface area (Å²) in [5.41, 5.74) is 16.0. The number of hydrogen-bond donors (Lipinski definition) is 2. The minimum absolute atomic E-state index is 0.443. The van der Waals surface area contributed by atoms with Crippen LogP contribution in [0, 0.1) is 6.92 Å². The zero-order valence-electron chi connectivity index (χ0n) is 12.2. The minimum Gasteiger partial charge on any atom is -0.399 e. The van der Waals surface area contributed by atoms with Gasteiger partial charge in [-0.1, -0.05) is 12.1 Å². The van der Waals surface area contributed by atoms with E-state index < -0.39 is 5.91 Å². The van der Waals surface area contributed by atoms with Gasteiger partial charge in [-0.25, -0.2) is 4.68 Å². The van der Waals surface area contributed by atoms with Crippen LogP contribution in [0.5, 0.6) is 0 Å². The summed E-state index contributed by atoms with van der Waals surface area (Å²) in [6.45, 7) is 1.94. The monoisotopic (exact) mass is 292 g/mol. The molecule has 1 amide bonds. The molecule has 1 heterocycles. The molecule has 0 aliphatic rings. The summed E-state index contributed by atoms with van der Waals surface area (Å²) in [5.74, 6) is -0.443. The maximum atomic E-state index is 11.2. The summed E-state index contributed by atoms with van der Waals surface area (Å²) in [5, 5.41) is 4.52. The Morgan fingerprint density at radius 3 is 2.27 bits per heavy atom. The number of primary amides is 1. The summed E-state index contributed by atoms with van der Waals surface area (Å²) in [4.78, 5) is 11.2. The molecule has 0 saturated carbocycles. The number of hydrogen-bond acceptors (Lipinski definition) is 3. The van der Waals surface area contributed by atoms with Crippen LogP contribution in [0.15, 0.2) is 54.6 Å². The lowest BCUT2D eigenvalue weighted by Gasteiger charge is -2.08. The van der Waals surface area contributed by atoms with E-state index in [0.29, 0.717) is 5.56 Å². The Hall–Kier alpha value is -3.08. The molecular weight excluding hydrogens is 276 g/mol. The molecule has 22 heavy (non-hydrogen) atoms. The van der Waals surface area contributed by atoms with Gasteiger partial charge in [0.1, 0.15) is 0 Å². The highest BCUT2D eigenvalue weighted by atomic mass is 16.1. The predicted molar refractivity (Wildman–Crippen MR) is 86.7 cm³/mol. The van der Waals surface area contributed by atoms with Gasteiger partial charge >= 0.3 is 0 Å². The van der Waals surface area contributed by atoms with E-state index >= 15 is 0 Å². The SMILES string of the molecule is Cc1cc(-c2ccc(N)cc2)n(-c2ccc(C(N)=O)cc2)n1. The number of anilines is 1. The molecule has 0 saturated heterocycles. The first-order valence-electron chi connectivity index (χ1n) is 6.87. The number of amides is 1. The van der Waals surface area contributed by atoms with Crippen molar-refractivity contribution in [2.24, 2.45) is 5.73 Å². The summed E-state index contributed by atoms with van der Waals surface area (Å²) in [6.07, 6.45) is 0. The van der Waals surface area contributed by atoms with E-state index in [4.69, 9.17) is 11.5 Å². The number of nitrogen functional groups attached to an aromatic ring is 1. The molecule has 0 aliphatic heterocycles. The molecule has 0 aliphatic carbocycles. The first kappa shape index (κ1) is 13.9. The quantitative estimate of drug-likeness (QED) is 0.727. The van der Waals surface area contributed by atoms with Gasteiger partial charge in [0.15, 0.2) is 0 Å². The standard InChI is InChI=1S/C17H16N4O/c1-11-10-16(12-2-6-14(18)7-3-12)21(20-11)15-8-4-13(5-9-15)17(19)22/h2-10H,18H2,1H3,(H2,19,22). The maximum Gasteiger partial charge on any atom is 0.248 e. The second-order valence-corrected chi connectivity index (χ2v) is 5.12. The van der Waals surface area contributed by atoms with E-state index in [9.17, 15) is 4.79 Å². The Labute approximate surface area is 128 Å². The van der Waals surface area contributed by atoms with E-state index in [-0.39, 0.29) is 0 Å². The molecular formula is C17H16N4O. The van der Waals surface area contributed by atoms with Gasteiger partial charge in [0.05, 0.1) is 17.1 Å². The Morgan fingerprint density at radius 2 is 1.68 bits per heavy atom. The number of rotatable bonds is 3. The lowest BCUT2D eigenvalue weighted by molar-refractivity contribution is 0.100. The largest absolute Gasteiger partial charge is 0.399 e. The van der Waals surface area contributed by atoms with Gasteiger partial charge in [0.25, 0.3) is 0 Å². The van der Waals surface area contributed by atoms with Crippen LogP contribution < -0.4 is 11.5 Å². The lowest BCUT2D eigenvalue weighted by atomic mass is 10.1. The van der Waals surface area contributed by atoms with Crippen LogP contribution in [0.4, 0.5) is 5.69 Å². The van der Waals surface area contributed by atoms with E-state index in [0.717, 1.165) is 28.3 Å². The van der Waals surface area contributed by atoms with E-state index in [1.807, 2.05) is 54.1 Å². The molecule has 0 atom stereocenters. The highest BCUT2D eigenvalue weighted by Gasteiger charge is 2.10. The van der Waals surface area contributed by atoms with Gasteiger partial charge in [0, 0.05) is 16.8 Å². The van der Waals surface area contributed by atoms with Crippen molar-refractivity contribution in [2.45, 2.75) is 6.92 Å². The molecule has 0 bridgehead atoms. The van der Waals surface area contributed by atoms with Crippen molar-refractivity contribution in [2.75, 3.05) is 5.73 Å². The number of nitrogens with zero attached hydrogens (tertiary/aromatic N) is 2. The number of carbonyl (C=O) groups excluding carboxylic acids is 1. The van der Waals surface area contributed by atoms with Crippen molar-refractivity contribution in [1.29, 1.82) is 0 Å². The molecule has 3 rings (SSSR count). The van der Waals surface area contributed by atoms with Crippen molar-refractivity contribution < 1.29 is 4.79 Å². The first-order valence-corrected chi connectivity index (χ1v) is 6.87. The summed E-state index contributed by atoms with van der Waals surface area (Å²) in [7, 11) is 0. The van der Waals surface area contributed by atoms with E-state index in [1.165, 1.54) is 0 Å². The third-order valence-corrected chi connectivity index (χ3v) is 3.43.